The van der Waals surface area contributed by atoms with Crippen LogP contribution in [0.4, 0.5) is 5.69 Å². The predicted octanol–water partition coefficient (Wildman–Crippen LogP) is 1.83. The van der Waals surface area contributed by atoms with Crippen molar-refractivity contribution in [2.45, 2.75) is 5.03 Å². The van der Waals surface area contributed by atoms with Gasteiger partial charge in [0.25, 0.3) is 10.0 Å². The molecule has 1 aromatic carbocycles. The Balaban J connectivity index is 2.06. The van der Waals surface area contributed by atoms with Crippen molar-refractivity contribution >= 4 is 26.6 Å². The number of nitrogens with zero attached hydrogens (tertiary/aromatic N) is 3. The van der Waals surface area contributed by atoms with Gasteiger partial charge in [0.1, 0.15) is 6.33 Å². The summed E-state index contributed by atoms with van der Waals surface area (Å²) in [7, 11) is -3.75. The van der Waals surface area contributed by atoms with E-state index in [1.807, 2.05) is 12.1 Å². The summed E-state index contributed by atoms with van der Waals surface area (Å²) in [6.45, 7) is 0. The first-order valence-electron chi connectivity index (χ1n) is 5.79. The van der Waals surface area contributed by atoms with Crippen molar-refractivity contribution in [3.63, 3.8) is 0 Å². The van der Waals surface area contributed by atoms with E-state index in [-0.39, 0.29) is 5.03 Å². The Labute approximate surface area is 115 Å². The molecule has 0 saturated carbocycles. The third-order valence-corrected chi connectivity index (χ3v) is 3.99. The zero-order valence-corrected chi connectivity index (χ0v) is 11.1. The summed E-state index contributed by atoms with van der Waals surface area (Å²) in [5, 5.41) is 0.774. The molecule has 1 N–H and O–H groups in total. The number of sulfonamides is 1. The first kappa shape index (κ1) is 12.5. The molecule has 0 radical (unpaired) electrons. The Morgan fingerprint density at radius 1 is 0.950 bits per heavy atom. The molecule has 0 atom stereocenters. The Morgan fingerprint density at radius 3 is 2.60 bits per heavy atom. The largest absolute Gasteiger partial charge is 0.279 e. The summed E-state index contributed by atoms with van der Waals surface area (Å²) in [6, 6.07) is 10.3. The van der Waals surface area contributed by atoms with Gasteiger partial charge in [-0.3, -0.25) is 9.71 Å². The first-order chi connectivity index (χ1) is 9.67. The van der Waals surface area contributed by atoms with Gasteiger partial charge in [-0.15, -0.1) is 0 Å². The van der Waals surface area contributed by atoms with E-state index >= 15 is 0 Å². The van der Waals surface area contributed by atoms with Crippen LogP contribution in [0.25, 0.3) is 10.9 Å². The fraction of sp³-hybridized carbons (Fsp3) is 0. The molecule has 0 aliphatic heterocycles. The van der Waals surface area contributed by atoms with Gasteiger partial charge in [0, 0.05) is 17.8 Å². The second kappa shape index (κ2) is 4.86. The number of fused-ring (bicyclic) bond motifs is 1. The fourth-order valence-electron chi connectivity index (χ4n) is 1.82. The molecule has 0 amide bonds. The standard InChI is InChI=1S/C13H10N4O2S/c18-20(19,12-6-8-14-9-16-12)17-11-5-1-3-10-4-2-7-15-13(10)11/h1-9,17H. The van der Waals surface area contributed by atoms with Crippen LogP contribution >= 0.6 is 0 Å². The van der Waals surface area contributed by atoms with Crippen molar-refractivity contribution in [2.24, 2.45) is 0 Å². The highest BCUT2D eigenvalue weighted by Crippen LogP contribution is 2.22. The van der Waals surface area contributed by atoms with Crippen LogP contribution in [-0.2, 0) is 10.0 Å². The Morgan fingerprint density at radius 2 is 1.80 bits per heavy atom. The minimum Gasteiger partial charge on any atom is -0.276 e. The Kier molecular flexibility index (Phi) is 3.03. The van der Waals surface area contributed by atoms with E-state index in [4.69, 9.17) is 0 Å². The third-order valence-electron chi connectivity index (χ3n) is 2.71. The van der Waals surface area contributed by atoms with E-state index in [1.165, 1.54) is 18.6 Å². The highest BCUT2D eigenvalue weighted by Gasteiger charge is 2.16. The van der Waals surface area contributed by atoms with E-state index < -0.39 is 10.0 Å². The van der Waals surface area contributed by atoms with Gasteiger partial charge in [-0.2, -0.15) is 8.42 Å². The Hall–Kier alpha value is -2.54. The minimum absolute atomic E-state index is 0.0829. The summed E-state index contributed by atoms with van der Waals surface area (Å²) in [5.74, 6) is 0. The molecule has 0 saturated heterocycles. The first-order valence-corrected chi connectivity index (χ1v) is 7.28. The van der Waals surface area contributed by atoms with E-state index in [0.29, 0.717) is 11.2 Å². The van der Waals surface area contributed by atoms with Gasteiger partial charge in [-0.25, -0.2) is 9.97 Å². The zero-order chi connectivity index (χ0) is 14.0. The number of aromatic nitrogens is 3. The minimum atomic E-state index is -3.75. The molecule has 0 bridgehead atoms. The van der Waals surface area contributed by atoms with Crippen LogP contribution in [0.3, 0.4) is 0 Å². The molecule has 0 aliphatic rings. The highest BCUT2D eigenvalue weighted by atomic mass is 32.2. The second-order valence-electron chi connectivity index (χ2n) is 4.03. The lowest BCUT2D eigenvalue weighted by Crippen LogP contribution is -2.14. The maximum absolute atomic E-state index is 12.2. The molecule has 0 fully saturated rings. The van der Waals surface area contributed by atoms with Crippen LogP contribution in [0.15, 0.2) is 60.1 Å². The normalized spacial score (nSPS) is 11.4. The average Bonchev–Trinajstić information content (AvgIpc) is 2.48. The smallest absolute Gasteiger partial charge is 0.276 e. The van der Waals surface area contributed by atoms with Gasteiger partial charge in [0.05, 0.1) is 11.2 Å². The van der Waals surface area contributed by atoms with Gasteiger partial charge in [-0.1, -0.05) is 18.2 Å². The van der Waals surface area contributed by atoms with E-state index in [1.54, 1.807) is 24.4 Å². The maximum atomic E-state index is 12.2. The molecule has 3 aromatic rings. The van der Waals surface area contributed by atoms with Crippen LogP contribution in [0, 0.1) is 0 Å². The number of nitrogens with one attached hydrogen (secondary N) is 1. The highest BCUT2D eigenvalue weighted by molar-refractivity contribution is 7.92. The molecular weight excluding hydrogens is 276 g/mol. The molecule has 2 aromatic heterocycles. The summed E-state index contributed by atoms with van der Waals surface area (Å²) < 4.78 is 26.9. The molecule has 2 heterocycles. The molecule has 100 valence electrons. The number of para-hydroxylation sites is 1. The van der Waals surface area contributed by atoms with Crippen molar-refractivity contribution in [3.05, 3.63) is 55.1 Å². The molecule has 0 unspecified atom stereocenters. The van der Waals surface area contributed by atoms with Gasteiger partial charge in [-0.05, 0) is 18.2 Å². The van der Waals surface area contributed by atoms with Crippen molar-refractivity contribution in [1.29, 1.82) is 0 Å². The van der Waals surface area contributed by atoms with E-state index in [0.717, 1.165) is 5.39 Å². The van der Waals surface area contributed by atoms with E-state index in [9.17, 15) is 8.42 Å². The van der Waals surface area contributed by atoms with Crippen molar-refractivity contribution < 1.29 is 8.42 Å². The molecule has 7 heteroatoms. The topological polar surface area (TPSA) is 84.8 Å². The van der Waals surface area contributed by atoms with Gasteiger partial charge in [0.15, 0.2) is 5.03 Å². The molecule has 6 nitrogen and oxygen atoms in total. The molecule has 0 spiro atoms. The lowest BCUT2D eigenvalue weighted by molar-refractivity contribution is 0.597. The average molecular weight is 286 g/mol. The summed E-state index contributed by atoms with van der Waals surface area (Å²) >= 11 is 0. The Bertz CT molecular complexity index is 845. The zero-order valence-electron chi connectivity index (χ0n) is 10.3. The lowest BCUT2D eigenvalue weighted by atomic mass is 10.2. The fourth-order valence-corrected chi connectivity index (χ4v) is 2.81. The summed E-state index contributed by atoms with van der Waals surface area (Å²) in [5.41, 5.74) is 1.01. The monoisotopic (exact) mass is 286 g/mol. The molecule has 0 aliphatic carbocycles. The number of hydrogen-bond donors (Lipinski definition) is 1. The third kappa shape index (κ3) is 2.30. The van der Waals surface area contributed by atoms with Crippen LogP contribution < -0.4 is 4.72 Å². The van der Waals surface area contributed by atoms with E-state index in [2.05, 4.69) is 19.7 Å². The van der Waals surface area contributed by atoms with Crippen molar-refractivity contribution in [2.75, 3.05) is 4.72 Å². The SMILES string of the molecule is O=S(=O)(Nc1cccc2cccnc12)c1ccncn1. The molecule has 20 heavy (non-hydrogen) atoms. The van der Waals surface area contributed by atoms with Gasteiger partial charge >= 0.3 is 0 Å². The van der Waals surface area contributed by atoms with Gasteiger partial charge < -0.3 is 0 Å². The van der Waals surface area contributed by atoms with Crippen LogP contribution in [0.1, 0.15) is 0 Å². The quantitative estimate of drug-likeness (QED) is 0.742. The number of pyridine rings is 1. The van der Waals surface area contributed by atoms with Crippen LogP contribution in [0.5, 0.6) is 0 Å². The lowest BCUT2D eigenvalue weighted by Gasteiger charge is -2.09. The number of hydrogen-bond acceptors (Lipinski definition) is 5. The number of benzene rings is 1. The second-order valence-corrected chi connectivity index (χ2v) is 5.66. The van der Waals surface area contributed by atoms with Crippen LogP contribution in [0.2, 0.25) is 0 Å². The molecular formula is C13H10N4O2S. The predicted molar refractivity (Wildman–Crippen MR) is 74.6 cm³/mol. The number of rotatable bonds is 3. The summed E-state index contributed by atoms with van der Waals surface area (Å²) in [4.78, 5) is 11.6. The van der Waals surface area contributed by atoms with Crippen molar-refractivity contribution in [3.8, 4) is 0 Å². The summed E-state index contributed by atoms with van der Waals surface area (Å²) in [6.07, 6.45) is 4.18. The number of anilines is 1. The molecule has 3 rings (SSSR count). The van der Waals surface area contributed by atoms with Crippen molar-refractivity contribution in [1.82, 2.24) is 15.0 Å². The van der Waals surface area contributed by atoms with Gasteiger partial charge in [0.2, 0.25) is 0 Å². The van der Waals surface area contributed by atoms with Crippen LogP contribution in [-0.4, -0.2) is 23.4 Å². The maximum Gasteiger partial charge on any atom is 0.279 e.